The van der Waals surface area contributed by atoms with Crippen molar-refractivity contribution >= 4 is 5.91 Å². The summed E-state index contributed by atoms with van der Waals surface area (Å²) in [4.78, 5) is 14.6. The van der Waals surface area contributed by atoms with Crippen LogP contribution in [0.2, 0.25) is 0 Å². The Morgan fingerprint density at radius 3 is 2.89 bits per heavy atom. The highest BCUT2D eigenvalue weighted by molar-refractivity contribution is 5.91. The number of benzene rings is 1. The topological polar surface area (TPSA) is 60.5 Å². The number of carbonyl (C=O) groups excluding carboxylic acids is 1. The molecule has 1 aliphatic heterocycles. The molecule has 0 aliphatic carbocycles. The van der Waals surface area contributed by atoms with Gasteiger partial charge in [0.05, 0.1) is 6.04 Å². The van der Waals surface area contributed by atoms with Gasteiger partial charge in [0.25, 0.3) is 5.91 Å². The summed E-state index contributed by atoms with van der Waals surface area (Å²) in [5, 5.41) is 4.28. The highest BCUT2D eigenvalue weighted by Gasteiger charge is 2.27. The fourth-order valence-corrected chi connectivity index (χ4v) is 3.26. The molecule has 1 atom stereocenters. The minimum absolute atomic E-state index is 0.125. The van der Waals surface area contributed by atoms with Gasteiger partial charge in [-0.15, -0.1) is 0 Å². The number of amides is 1. The lowest BCUT2D eigenvalue weighted by atomic mass is 10.1. The fourth-order valence-electron chi connectivity index (χ4n) is 3.26. The maximum Gasteiger partial charge on any atom is 0.289 e. The van der Waals surface area contributed by atoms with Crippen molar-refractivity contribution in [3.05, 3.63) is 72.2 Å². The largest absolute Gasteiger partial charge is 0.486 e. The van der Waals surface area contributed by atoms with E-state index in [4.69, 9.17) is 9.15 Å². The maximum absolute atomic E-state index is 12.9. The van der Waals surface area contributed by atoms with E-state index in [2.05, 4.69) is 5.10 Å². The predicted octanol–water partition coefficient (Wildman–Crippen LogP) is 3.67. The normalized spacial score (nSPS) is 17.1. The molecule has 6 nitrogen and oxygen atoms in total. The van der Waals surface area contributed by atoms with Gasteiger partial charge in [-0.05, 0) is 55.3 Å². The molecule has 140 valence electrons. The molecule has 0 saturated carbocycles. The van der Waals surface area contributed by atoms with Crippen molar-refractivity contribution in [3.63, 3.8) is 0 Å². The zero-order chi connectivity index (χ0) is 18.6. The van der Waals surface area contributed by atoms with E-state index in [1.165, 1.54) is 12.1 Å². The van der Waals surface area contributed by atoms with E-state index in [0.717, 1.165) is 12.8 Å². The van der Waals surface area contributed by atoms with Crippen LogP contribution in [0.3, 0.4) is 0 Å². The third-order valence-corrected chi connectivity index (χ3v) is 4.65. The highest BCUT2D eigenvalue weighted by Crippen LogP contribution is 2.23. The number of likely N-dealkylation sites (tertiary alicyclic amines) is 1. The number of halogens is 1. The van der Waals surface area contributed by atoms with Crippen molar-refractivity contribution in [2.75, 3.05) is 13.1 Å². The summed E-state index contributed by atoms with van der Waals surface area (Å²) in [5.41, 5.74) is 0. The van der Waals surface area contributed by atoms with E-state index in [-0.39, 0.29) is 24.4 Å². The molecule has 0 spiro atoms. The third kappa shape index (κ3) is 4.02. The van der Waals surface area contributed by atoms with E-state index in [1.54, 1.807) is 35.4 Å². The summed E-state index contributed by atoms with van der Waals surface area (Å²) in [6.07, 6.45) is 5.61. The van der Waals surface area contributed by atoms with Gasteiger partial charge < -0.3 is 14.1 Å². The van der Waals surface area contributed by atoms with Crippen molar-refractivity contribution in [2.24, 2.45) is 0 Å². The molecule has 3 heterocycles. The molecule has 3 aromatic rings. The van der Waals surface area contributed by atoms with Gasteiger partial charge in [0, 0.05) is 25.5 Å². The van der Waals surface area contributed by atoms with Gasteiger partial charge in [0.1, 0.15) is 23.9 Å². The van der Waals surface area contributed by atoms with E-state index in [1.807, 2.05) is 16.9 Å². The second kappa shape index (κ2) is 7.65. The number of nitrogens with zero attached hydrogens (tertiary/aromatic N) is 3. The number of furan rings is 1. The quantitative estimate of drug-likeness (QED) is 0.688. The molecule has 1 aliphatic rings. The van der Waals surface area contributed by atoms with Crippen molar-refractivity contribution in [1.82, 2.24) is 14.7 Å². The number of aromatic nitrogens is 2. The molecule has 2 aromatic heterocycles. The van der Waals surface area contributed by atoms with Crippen LogP contribution in [0.5, 0.6) is 5.75 Å². The molecule has 0 N–H and O–H groups in total. The average Bonchev–Trinajstić information content (AvgIpc) is 3.39. The number of carbonyl (C=O) groups is 1. The minimum atomic E-state index is -0.317. The number of ether oxygens (including phenoxy) is 1. The Labute approximate surface area is 156 Å². The summed E-state index contributed by atoms with van der Waals surface area (Å²) < 4.78 is 26.0. The first kappa shape index (κ1) is 17.3. The van der Waals surface area contributed by atoms with E-state index in [0.29, 0.717) is 30.4 Å². The number of piperidine rings is 1. The standard InChI is InChI=1S/C20H20FN3O3/c21-15-4-6-17(7-5-15)26-14-18-8-9-19(27-18)20(25)23-11-1-3-16(13-23)24-12-2-10-22-24/h2,4-10,12,16H,1,3,11,13-14H2/t16-/m1/s1. The summed E-state index contributed by atoms with van der Waals surface area (Å²) in [7, 11) is 0. The molecule has 1 aromatic carbocycles. The summed E-state index contributed by atoms with van der Waals surface area (Å²) >= 11 is 0. The Balaban J connectivity index is 1.37. The van der Waals surface area contributed by atoms with Gasteiger partial charge >= 0.3 is 0 Å². The Morgan fingerprint density at radius 2 is 2.11 bits per heavy atom. The Hall–Kier alpha value is -3.09. The van der Waals surface area contributed by atoms with Gasteiger partial charge in [0.2, 0.25) is 0 Å². The van der Waals surface area contributed by atoms with Gasteiger partial charge in [-0.2, -0.15) is 5.10 Å². The number of rotatable bonds is 5. The van der Waals surface area contributed by atoms with Crippen LogP contribution in [0.1, 0.15) is 35.2 Å². The molecule has 1 saturated heterocycles. The molecule has 27 heavy (non-hydrogen) atoms. The average molecular weight is 369 g/mol. The molecule has 1 fully saturated rings. The third-order valence-electron chi connectivity index (χ3n) is 4.65. The SMILES string of the molecule is O=C(c1ccc(COc2ccc(F)cc2)o1)N1CCC[C@@H](n2cccn2)C1. The first-order chi connectivity index (χ1) is 13.2. The van der Waals surface area contributed by atoms with Crippen LogP contribution < -0.4 is 4.74 Å². The van der Waals surface area contributed by atoms with Crippen molar-refractivity contribution in [2.45, 2.75) is 25.5 Å². The van der Waals surface area contributed by atoms with Gasteiger partial charge in [-0.1, -0.05) is 0 Å². The summed E-state index contributed by atoms with van der Waals surface area (Å²) in [6, 6.07) is 11.2. The first-order valence-electron chi connectivity index (χ1n) is 8.94. The van der Waals surface area contributed by atoms with Crippen molar-refractivity contribution < 1.29 is 18.3 Å². The van der Waals surface area contributed by atoms with Crippen LogP contribution in [-0.2, 0) is 6.61 Å². The van der Waals surface area contributed by atoms with Crippen molar-refractivity contribution in [1.29, 1.82) is 0 Å². The van der Waals surface area contributed by atoms with E-state index < -0.39 is 0 Å². The van der Waals surface area contributed by atoms with Gasteiger partial charge in [-0.3, -0.25) is 9.48 Å². The lowest BCUT2D eigenvalue weighted by molar-refractivity contribution is 0.0637. The monoisotopic (exact) mass is 369 g/mol. The van der Waals surface area contributed by atoms with Crippen LogP contribution in [0.4, 0.5) is 4.39 Å². The van der Waals surface area contributed by atoms with Gasteiger partial charge in [-0.25, -0.2) is 4.39 Å². The number of hydrogen-bond donors (Lipinski definition) is 0. The highest BCUT2D eigenvalue weighted by atomic mass is 19.1. The Kier molecular flexibility index (Phi) is 4.91. The van der Waals surface area contributed by atoms with Crippen LogP contribution in [0, 0.1) is 5.82 Å². The van der Waals surface area contributed by atoms with Crippen LogP contribution in [0.25, 0.3) is 0 Å². The molecule has 0 radical (unpaired) electrons. The maximum atomic E-state index is 12.9. The minimum Gasteiger partial charge on any atom is -0.486 e. The van der Waals surface area contributed by atoms with Crippen LogP contribution >= 0.6 is 0 Å². The van der Waals surface area contributed by atoms with E-state index >= 15 is 0 Å². The van der Waals surface area contributed by atoms with Crippen molar-refractivity contribution in [3.8, 4) is 5.75 Å². The second-order valence-corrected chi connectivity index (χ2v) is 6.54. The molecule has 0 unspecified atom stereocenters. The zero-order valence-electron chi connectivity index (χ0n) is 14.8. The zero-order valence-corrected chi connectivity index (χ0v) is 14.8. The molecule has 1 amide bonds. The Morgan fingerprint density at radius 1 is 1.26 bits per heavy atom. The van der Waals surface area contributed by atoms with Gasteiger partial charge in [0.15, 0.2) is 5.76 Å². The number of hydrogen-bond acceptors (Lipinski definition) is 4. The summed E-state index contributed by atoms with van der Waals surface area (Å²) in [6.45, 7) is 1.50. The molecular formula is C20H20FN3O3. The predicted molar refractivity (Wildman–Crippen MR) is 95.8 cm³/mol. The van der Waals surface area contributed by atoms with Crippen LogP contribution in [-0.4, -0.2) is 33.7 Å². The lowest BCUT2D eigenvalue weighted by Gasteiger charge is -2.32. The summed E-state index contributed by atoms with van der Waals surface area (Å²) in [5.74, 6) is 0.943. The molecule has 4 rings (SSSR count). The van der Waals surface area contributed by atoms with Crippen LogP contribution in [0.15, 0.2) is 59.3 Å². The lowest BCUT2D eigenvalue weighted by Crippen LogP contribution is -2.40. The molecular weight excluding hydrogens is 349 g/mol. The smallest absolute Gasteiger partial charge is 0.289 e. The first-order valence-corrected chi connectivity index (χ1v) is 8.94. The fraction of sp³-hybridized carbons (Fsp3) is 0.300. The molecule has 7 heteroatoms. The second-order valence-electron chi connectivity index (χ2n) is 6.54. The van der Waals surface area contributed by atoms with E-state index in [9.17, 15) is 9.18 Å². The molecule has 0 bridgehead atoms. The Bertz CT molecular complexity index is 890.